The highest BCUT2D eigenvalue weighted by molar-refractivity contribution is 7.10. The number of fused-ring (bicyclic) bond motifs is 1. The maximum atomic E-state index is 12.6. The summed E-state index contributed by atoms with van der Waals surface area (Å²) in [7, 11) is 0. The number of aromatic amines is 1. The lowest BCUT2D eigenvalue weighted by atomic mass is 10.1. The second-order valence-corrected chi connectivity index (χ2v) is 9.26. The van der Waals surface area contributed by atoms with Crippen LogP contribution in [-0.2, 0) is 24.2 Å². The van der Waals surface area contributed by atoms with Crippen LogP contribution in [0.1, 0.15) is 40.7 Å². The Morgan fingerprint density at radius 2 is 2.28 bits per heavy atom. The summed E-state index contributed by atoms with van der Waals surface area (Å²) in [4.78, 5) is 16.8. The number of benzene rings is 1. The Bertz CT molecular complexity index is 1240. The maximum Gasteiger partial charge on any atom is 0.252 e. The largest absolute Gasteiger partial charge is 0.376 e. The van der Waals surface area contributed by atoms with E-state index in [-0.39, 0.29) is 17.7 Å². The van der Waals surface area contributed by atoms with Gasteiger partial charge in [-0.2, -0.15) is 0 Å². The Hall–Kier alpha value is -2.88. The Morgan fingerprint density at radius 3 is 3.09 bits per heavy atom. The summed E-state index contributed by atoms with van der Waals surface area (Å²) in [6, 6.07) is 12.2. The van der Waals surface area contributed by atoms with Crippen molar-refractivity contribution in [3.05, 3.63) is 74.0 Å². The molecule has 1 aliphatic rings. The van der Waals surface area contributed by atoms with E-state index in [1.807, 2.05) is 28.9 Å². The molecule has 3 aromatic heterocycles. The van der Waals surface area contributed by atoms with Gasteiger partial charge in [0.15, 0.2) is 5.82 Å². The zero-order valence-corrected chi connectivity index (χ0v) is 18.8. The Morgan fingerprint density at radius 1 is 1.34 bits per heavy atom. The molecule has 1 fully saturated rings. The van der Waals surface area contributed by atoms with Crippen molar-refractivity contribution in [1.29, 1.82) is 0 Å². The summed E-state index contributed by atoms with van der Waals surface area (Å²) in [6.07, 6.45) is 2.92. The molecule has 4 aromatic rings. The molecule has 0 saturated carbocycles. The molecule has 2 N–H and O–H groups in total. The van der Waals surface area contributed by atoms with E-state index >= 15 is 0 Å². The van der Waals surface area contributed by atoms with E-state index in [1.165, 1.54) is 4.88 Å². The number of nitrogens with zero attached hydrogens (tertiary/aromatic N) is 4. The molecule has 9 heteroatoms. The number of tetrazole rings is 1. The van der Waals surface area contributed by atoms with Gasteiger partial charge in [-0.3, -0.25) is 4.79 Å². The minimum absolute atomic E-state index is 0.00291. The number of H-pyrrole nitrogens is 1. The molecule has 166 valence electrons. The maximum absolute atomic E-state index is 12.6. The smallest absolute Gasteiger partial charge is 0.252 e. The van der Waals surface area contributed by atoms with E-state index in [0.29, 0.717) is 25.1 Å². The molecule has 8 nitrogen and oxygen atoms in total. The molecule has 1 saturated heterocycles. The highest BCUT2D eigenvalue weighted by Crippen LogP contribution is 2.23. The van der Waals surface area contributed by atoms with E-state index in [1.54, 1.807) is 11.3 Å². The van der Waals surface area contributed by atoms with Crippen molar-refractivity contribution in [2.24, 2.45) is 0 Å². The lowest BCUT2D eigenvalue weighted by molar-refractivity contribution is 0.0925. The number of aryl methyl sites for hydroxylation is 1. The molecule has 2 unspecified atom stereocenters. The van der Waals surface area contributed by atoms with Crippen molar-refractivity contribution >= 4 is 22.2 Å². The Kier molecular flexibility index (Phi) is 6.11. The highest BCUT2D eigenvalue weighted by Gasteiger charge is 2.22. The first-order chi connectivity index (χ1) is 15.7. The number of thiophene rings is 1. The molecule has 1 aliphatic heterocycles. The standard InChI is InChI=1S/C23H26N6O2S/c1-15-6-7-19-16(10-15)11-17(23(30)25-19)13-24-20(21-5-3-9-32-21)12-22-26-27-28-29(22)14-18-4-2-8-31-18/h3,5-7,9-11,18,20,24H,2,4,8,12-14H2,1H3,(H,25,30). The van der Waals surface area contributed by atoms with Crippen LogP contribution in [0.3, 0.4) is 0 Å². The fraction of sp³-hybridized carbons (Fsp3) is 0.391. The third-order valence-corrected chi connectivity index (χ3v) is 6.88. The molecule has 0 bridgehead atoms. The molecule has 2 atom stereocenters. The van der Waals surface area contributed by atoms with Crippen LogP contribution in [-0.4, -0.2) is 37.9 Å². The first-order valence-corrected chi connectivity index (χ1v) is 11.8. The minimum atomic E-state index is -0.0676. The molecule has 0 aliphatic carbocycles. The van der Waals surface area contributed by atoms with Gasteiger partial charge in [0.05, 0.1) is 12.6 Å². The average Bonchev–Trinajstić information content (AvgIpc) is 3.55. The third kappa shape index (κ3) is 4.64. The van der Waals surface area contributed by atoms with Crippen LogP contribution >= 0.6 is 11.3 Å². The first kappa shape index (κ1) is 21.0. The number of hydrogen-bond donors (Lipinski definition) is 2. The van der Waals surface area contributed by atoms with Crippen LogP contribution in [0, 0.1) is 6.92 Å². The van der Waals surface area contributed by atoms with Gasteiger partial charge in [-0.05, 0) is 65.2 Å². The number of rotatable bonds is 8. The minimum Gasteiger partial charge on any atom is -0.376 e. The van der Waals surface area contributed by atoms with Crippen LogP contribution in [0.2, 0.25) is 0 Å². The summed E-state index contributed by atoms with van der Waals surface area (Å²) in [5.74, 6) is 0.814. The van der Waals surface area contributed by atoms with Crippen molar-refractivity contribution in [2.45, 2.75) is 51.4 Å². The monoisotopic (exact) mass is 450 g/mol. The highest BCUT2D eigenvalue weighted by atomic mass is 32.1. The van der Waals surface area contributed by atoms with Crippen molar-refractivity contribution in [2.75, 3.05) is 6.61 Å². The van der Waals surface area contributed by atoms with Crippen LogP contribution in [0.15, 0.2) is 46.6 Å². The topological polar surface area (TPSA) is 97.7 Å². The predicted molar refractivity (Wildman–Crippen MR) is 124 cm³/mol. The van der Waals surface area contributed by atoms with Gasteiger partial charge in [0.1, 0.15) is 0 Å². The quantitative estimate of drug-likeness (QED) is 0.428. The van der Waals surface area contributed by atoms with Gasteiger partial charge >= 0.3 is 0 Å². The summed E-state index contributed by atoms with van der Waals surface area (Å²) in [5, 5.41) is 19.0. The van der Waals surface area contributed by atoms with Gasteiger partial charge in [0.2, 0.25) is 0 Å². The average molecular weight is 451 g/mol. The fourth-order valence-corrected chi connectivity index (χ4v) is 4.98. The normalized spacial score (nSPS) is 17.2. The predicted octanol–water partition coefficient (Wildman–Crippen LogP) is 3.14. The van der Waals surface area contributed by atoms with Crippen molar-refractivity contribution in [3.8, 4) is 0 Å². The molecule has 0 amide bonds. The molecule has 0 spiro atoms. The number of aromatic nitrogens is 5. The Balaban J connectivity index is 1.35. The van der Waals surface area contributed by atoms with Crippen LogP contribution in [0.25, 0.3) is 10.9 Å². The number of pyridine rings is 1. The fourth-order valence-electron chi connectivity index (χ4n) is 4.17. The van der Waals surface area contributed by atoms with Crippen molar-refractivity contribution < 1.29 is 4.74 Å². The summed E-state index contributed by atoms with van der Waals surface area (Å²) >= 11 is 1.68. The first-order valence-electron chi connectivity index (χ1n) is 10.9. The van der Waals surface area contributed by atoms with E-state index < -0.39 is 0 Å². The second-order valence-electron chi connectivity index (χ2n) is 8.28. The molecule has 4 heterocycles. The molecule has 5 rings (SSSR count). The summed E-state index contributed by atoms with van der Waals surface area (Å²) in [5.41, 5.74) is 2.66. The molecule has 0 radical (unpaired) electrons. The van der Waals surface area contributed by atoms with E-state index in [4.69, 9.17) is 4.74 Å². The van der Waals surface area contributed by atoms with E-state index in [0.717, 1.165) is 41.7 Å². The summed E-state index contributed by atoms with van der Waals surface area (Å²) in [6.45, 7) is 3.98. The molecular weight excluding hydrogens is 424 g/mol. The number of ether oxygens (including phenoxy) is 1. The van der Waals surface area contributed by atoms with Crippen LogP contribution in [0.4, 0.5) is 0 Å². The summed E-state index contributed by atoms with van der Waals surface area (Å²) < 4.78 is 7.60. The molecule has 1 aromatic carbocycles. The Labute approximate surface area is 189 Å². The van der Waals surface area contributed by atoms with Crippen molar-refractivity contribution in [1.82, 2.24) is 30.5 Å². The van der Waals surface area contributed by atoms with Crippen LogP contribution < -0.4 is 10.9 Å². The molecule has 32 heavy (non-hydrogen) atoms. The van der Waals surface area contributed by atoms with Crippen molar-refractivity contribution in [3.63, 3.8) is 0 Å². The SMILES string of the molecule is Cc1ccc2[nH]c(=O)c(CNC(Cc3nnnn3CC3CCCO3)c3cccs3)cc2c1. The van der Waals surface area contributed by atoms with Gasteiger partial charge in [-0.25, -0.2) is 4.68 Å². The lowest BCUT2D eigenvalue weighted by Gasteiger charge is -2.18. The van der Waals surface area contributed by atoms with Gasteiger partial charge in [0.25, 0.3) is 5.56 Å². The second kappa shape index (κ2) is 9.32. The third-order valence-electron chi connectivity index (χ3n) is 5.90. The van der Waals surface area contributed by atoms with Gasteiger partial charge in [0, 0.05) is 41.6 Å². The van der Waals surface area contributed by atoms with E-state index in [9.17, 15) is 4.79 Å². The van der Waals surface area contributed by atoms with Gasteiger partial charge in [-0.15, -0.1) is 16.4 Å². The van der Waals surface area contributed by atoms with Crippen LogP contribution in [0.5, 0.6) is 0 Å². The zero-order valence-electron chi connectivity index (χ0n) is 18.0. The zero-order chi connectivity index (χ0) is 21.9. The number of hydrogen-bond acceptors (Lipinski definition) is 7. The lowest BCUT2D eigenvalue weighted by Crippen LogP contribution is -2.27. The van der Waals surface area contributed by atoms with E-state index in [2.05, 4.69) is 50.3 Å². The molecular formula is C23H26N6O2S. The van der Waals surface area contributed by atoms with Gasteiger partial charge < -0.3 is 15.0 Å². The number of nitrogens with one attached hydrogen (secondary N) is 2. The van der Waals surface area contributed by atoms with Gasteiger partial charge in [-0.1, -0.05) is 17.7 Å².